The van der Waals surface area contributed by atoms with Crippen molar-refractivity contribution in [1.82, 2.24) is 0 Å². The van der Waals surface area contributed by atoms with Crippen LogP contribution in [-0.2, 0) is 6.54 Å². The molecule has 0 saturated heterocycles. The second-order valence-electron chi connectivity index (χ2n) is 4.50. The molecule has 1 N–H and O–H groups in total. The minimum atomic E-state index is -0.204. The average molecular weight is 338 g/mol. The van der Waals surface area contributed by atoms with Gasteiger partial charge in [0.25, 0.3) is 0 Å². The zero-order chi connectivity index (χ0) is 14.5. The molecule has 0 fully saturated rings. The second-order valence-corrected chi connectivity index (χ2v) is 5.41. The molecule has 4 heteroatoms. The number of rotatable bonds is 5. The predicted molar refractivity (Wildman–Crippen MR) is 83.8 cm³/mol. The number of benzene rings is 2. The molecule has 106 valence electrons. The minimum Gasteiger partial charge on any atom is -0.494 e. The molecular formula is C16H17BrFNO. The van der Waals surface area contributed by atoms with E-state index in [9.17, 15) is 4.39 Å². The Kier molecular flexibility index (Phi) is 5.01. The van der Waals surface area contributed by atoms with E-state index in [1.54, 1.807) is 12.1 Å². The number of anilines is 1. The molecule has 0 heterocycles. The quantitative estimate of drug-likeness (QED) is 0.837. The second kappa shape index (κ2) is 6.75. The lowest BCUT2D eigenvalue weighted by atomic mass is 10.1. The lowest BCUT2D eigenvalue weighted by molar-refractivity contribution is 0.340. The molecule has 0 aromatic heterocycles. The van der Waals surface area contributed by atoms with Crippen molar-refractivity contribution in [3.05, 3.63) is 57.8 Å². The van der Waals surface area contributed by atoms with Gasteiger partial charge in [-0.2, -0.15) is 0 Å². The van der Waals surface area contributed by atoms with Crippen LogP contribution in [0.3, 0.4) is 0 Å². The van der Waals surface area contributed by atoms with E-state index in [1.165, 1.54) is 6.07 Å². The predicted octanol–water partition coefficient (Wildman–Crippen LogP) is 4.91. The van der Waals surface area contributed by atoms with E-state index in [4.69, 9.17) is 4.74 Å². The maximum Gasteiger partial charge on any atom is 0.128 e. The molecule has 0 atom stereocenters. The van der Waals surface area contributed by atoms with Crippen LogP contribution in [0.2, 0.25) is 0 Å². The van der Waals surface area contributed by atoms with Gasteiger partial charge in [-0.25, -0.2) is 4.39 Å². The van der Waals surface area contributed by atoms with Crippen LogP contribution in [-0.4, -0.2) is 6.61 Å². The van der Waals surface area contributed by atoms with Crippen molar-refractivity contribution in [2.24, 2.45) is 0 Å². The first-order valence-electron chi connectivity index (χ1n) is 6.51. The fraction of sp³-hybridized carbons (Fsp3) is 0.250. The summed E-state index contributed by atoms with van der Waals surface area (Å²) >= 11 is 3.35. The standard InChI is InChI=1S/C16H17BrFNO/c1-3-20-14-5-7-16(11(2)8-14)19-10-12-9-13(17)4-6-15(12)18/h4-9,19H,3,10H2,1-2H3. The lowest BCUT2D eigenvalue weighted by Crippen LogP contribution is -2.03. The summed E-state index contributed by atoms with van der Waals surface area (Å²) in [6.45, 7) is 5.05. The van der Waals surface area contributed by atoms with Crippen LogP contribution in [0.25, 0.3) is 0 Å². The molecular weight excluding hydrogens is 321 g/mol. The Balaban J connectivity index is 2.09. The zero-order valence-corrected chi connectivity index (χ0v) is 13.1. The van der Waals surface area contributed by atoms with Crippen molar-refractivity contribution in [3.63, 3.8) is 0 Å². The molecule has 0 amide bonds. The van der Waals surface area contributed by atoms with Crippen LogP contribution in [0.1, 0.15) is 18.1 Å². The van der Waals surface area contributed by atoms with E-state index in [2.05, 4.69) is 21.2 Å². The van der Waals surface area contributed by atoms with Gasteiger partial charge >= 0.3 is 0 Å². The van der Waals surface area contributed by atoms with Gasteiger partial charge < -0.3 is 10.1 Å². The van der Waals surface area contributed by atoms with Crippen molar-refractivity contribution in [2.45, 2.75) is 20.4 Å². The Morgan fingerprint density at radius 3 is 2.70 bits per heavy atom. The third-order valence-electron chi connectivity index (χ3n) is 2.99. The van der Waals surface area contributed by atoms with E-state index >= 15 is 0 Å². The van der Waals surface area contributed by atoms with Gasteiger partial charge in [0.05, 0.1) is 6.61 Å². The monoisotopic (exact) mass is 337 g/mol. The molecule has 2 rings (SSSR count). The number of hydrogen-bond acceptors (Lipinski definition) is 2. The fourth-order valence-electron chi connectivity index (χ4n) is 1.96. The molecule has 0 saturated carbocycles. The summed E-state index contributed by atoms with van der Waals surface area (Å²) < 4.78 is 20.0. The SMILES string of the molecule is CCOc1ccc(NCc2cc(Br)ccc2F)c(C)c1. The van der Waals surface area contributed by atoms with Gasteiger partial charge in [-0.3, -0.25) is 0 Å². The number of halogens is 2. The Hall–Kier alpha value is -1.55. The third kappa shape index (κ3) is 3.73. The summed E-state index contributed by atoms with van der Waals surface area (Å²) in [5.41, 5.74) is 2.69. The van der Waals surface area contributed by atoms with Crippen LogP contribution in [0.15, 0.2) is 40.9 Å². The van der Waals surface area contributed by atoms with Crippen molar-refractivity contribution < 1.29 is 9.13 Å². The van der Waals surface area contributed by atoms with Crippen LogP contribution >= 0.6 is 15.9 Å². The molecule has 0 aliphatic heterocycles. The van der Waals surface area contributed by atoms with E-state index in [0.717, 1.165) is 21.5 Å². The van der Waals surface area contributed by atoms with Crippen LogP contribution in [0, 0.1) is 12.7 Å². The van der Waals surface area contributed by atoms with Crippen molar-refractivity contribution in [1.29, 1.82) is 0 Å². The minimum absolute atomic E-state index is 0.204. The van der Waals surface area contributed by atoms with Crippen LogP contribution in [0.5, 0.6) is 5.75 Å². The Morgan fingerprint density at radius 1 is 1.20 bits per heavy atom. The van der Waals surface area contributed by atoms with E-state index in [0.29, 0.717) is 18.7 Å². The summed E-state index contributed by atoms with van der Waals surface area (Å²) in [5.74, 6) is 0.647. The molecule has 20 heavy (non-hydrogen) atoms. The summed E-state index contributed by atoms with van der Waals surface area (Å²) in [4.78, 5) is 0. The molecule has 0 bridgehead atoms. The van der Waals surface area contributed by atoms with Gasteiger partial charge in [0.1, 0.15) is 11.6 Å². The van der Waals surface area contributed by atoms with Gasteiger partial charge in [-0.05, 0) is 55.8 Å². The van der Waals surface area contributed by atoms with Gasteiger partial charge in [-0.15, -0.1) is 0 Å². The molecule has 2 aromatic rings. The average Bonchev–Trinajstić information content (AvgIpc) is 2.42. The highest BCUT2D eigenvalue weighted by Crippen LogP contribution is 2.23. The van der Waals surface area contributed by atoms with Crippen LogP contribution in [0.4, 0.5) is 10.1 Å². The first-order valence-corrected chi connectivity index (χ1v) is 7.30. The number of aryl methyl sites for hydroxylation is 1. The molecule has 2 nitrogen and oxygen atoms in total. The highest BCUT2D eigenvalue weighted by Gasteiger charge is 2.05. The molecule has 0 aliphatic rings. The Labute approximate surface area is 127 Å². The summed E-state index contributed by atoms with van der Waals surface area (Å²) in [6, 6.07) is 10.8. The number of ether oxygens (including phenoxy) is 1. The largest absolute Gasteiger partial charge is 0.494 e. The fourth-order valence-corrected chi connectivity index (χ4v) is 2.37. The summed E-state index contributed by atoms with van der Waals surface area (Å²) in [6.07, 6.45) is 0. The Morgan fingerprint density at radius 2 is 2.00 bits per heavy atom. The van der Waals surface area contributed by atoms with Crippen molar-refractivity contribution in [2.75, 3.05) is 11.9 Å². The molecule has 0 aliphatic carbocycles. The molecule has 0 spiro atoms. The van der Waals surface area contributed by atoms with Crippen molar-refractivity contribution >= 4 is 21.6 Å². The zero-order valence-electron chi connectivity index (χ0n) is 11.5. The molecule has 0 radical (unpaired) electrons. The molecule has 2 aromatic carbocycles. The lowest BCUT2D eigenvalue weighted by Gasteiger charge is -2.12. The normalized spacial score (nSPS) is 10.4. The van der Waals surface area contributed by atoms with E-state index < -0.39 is 0 Å². The van der Waals surface area contributed by atoms with Gasteiger partial charge in [0, 0.05) is 22.3 Å². The molecule has 0 unspecified atom stereocenters. The van der Waals surface area contributed by atoms with Gasteiger partial charge in [0.2, 0.25) is 0 Å². The summed E-state index contributed by atoms with van der Waals surface area (Å²) in [5, 5.41) is 3.25. The van der Waals surface area contributed by atoms with Crippen molar-refractivity contribution in [3.8, 4) is 5.75 Å². The highest BCUT2D eigenvalue weighted by molar-refractivity contribution is 9.10. The Bertz CT molecular complexity index is 601. The third-order valence-corrected chi connectivity index (χ3v) is 3.48. The number of hydrogen-bond donors (Lipinski definition) is 1. The maximum atomic E-state index is 13.7. The van der Waals surface area contributed by atoms with Crippen LogP contribution < -0.4 is 10.1 Å². The van der Waals surface area contributed by atoms with Gasteiger partial charge in [0.15, 0.2) is 0 Å². The first kappa shape index (κ1) is 14.9. The van der Waals surface area contributed by atoms with Gasteiger partial charge in [-0.1, -0.05) is 15.9 Å². The van der Waals surface area contributed by atoms with E-state index in [1.807, 2.05) is 32.0 Å². The first-order chi connectivity index (χ1) is 9.60. The summed E-state index contributed by atoms with van der Waals surface area (Å²) in [7, 11) is 0. The smallest absolute Gasteiger partial charge is 0.128 e. The van der Waals surface area contributed by atoms with E-state index in [-0.39, 0.29) is 5.82 Å². The number of nitrogens with one attached hydrogen (secondary N) is 1. The highest BCUT2D eigenvalue weighted by atomic mass is 79.9. The maximum absolute atomic E-state index is 13.7. The topological polar surface area (TPSA) is 21.3 Å².